The van der Waals surface area contributed by atoms with Crippen LogP contribution in [-0.2, 0) is 12.6 Å². The van der Waals surface area contributed by atoms with Crippen LogP contribution in [0.25, 0.3) is 0 Å². The number of aryl methyl sites for hydroxylation is 2. The smallest absolute Gasteiger partial charge is 0.328 e. The minimum atomic E-state index is -4.27. The third-order valence-corrected chi connectivity index (χ3v) is 2.50. The van der Waals surface area contributed by atoms with E-state index in [0.29, 0.717) is 18.4 Å². The van der Waals surface area contributed by atoms with Crippen molar-refractivity contribution in [3.63, 3.8) is 0 Å². The maximum absolute atomic E-state index is 12.6. The van der Waals surface area contributed by atoms with Crippen LogP contribution in [0.4, 0.5) is 13.2 Å². The van der Waals surface area contributed by atoms with E-state index < -0.39 is 11.7 Å². The highest BCUT2D eigenvalue weighted by atomic mass is 19.4. The first kappa shape index (κ1) is 13.0. The van der Waals surface area contributed by atoms with Crippen molar-refractivity contribution in [1.29, 1.82) is 0 Å². The average molecular weight is 231 g/mol. The number of halogens is 3. The van der Waals surface area contributed by atoms with Gasteiger partial charge < -0.3 is 5.73 Å². The summed E-state index contributed by atoms with van der Waals surface area (Å²) in [6.07, 6.45) is -2.99. The molecule has 0 bridgehead atoms. The standard InChI is InChI=1S/C12H16F3N/c1-8-3-5-10(6-4-9(2)16)7-11(8)12(13,14)15/h3,5,7,9H,4,6,16H2,1-2H3/t9-/m1/s1. The minimum Gasteiger partial charge on any atom is -0.328 e. The summed E-state index contributed by atoms with van der Waals surface area (Å²) >= 11 is 0. The van der Waals surface area contributed by atoms with Crippen LogP contribution in [0.15, 0.2) is 18.2 Å². The van der Waals surface area contributed by atoms with E-state index in [1.54, 1.807) is 6.07 Å². The molecule has 1 atom stereocenters. The van der Waals surface area contributed by atoms with Crippen LogP contribution in [0, 0.1) is 6.92 Å². The number of benzene rings is 1. The highest BCUT2D eigenvalue weighted by Gasteiger charge is 2.32. The van der Waals surface area contributed by atoms with Gasteiger partial charge in [0, 0.05) is 6.04 Å². The molecule has 0 aliphatic heterocycles. The van der Waals surface area contributed by atoms with Crippen molar-refractivity contribution in [2.45, 2.75) is 38.9 Å². The van der Waals surface area contributed by atoms with Crippen LogP contribution >= 0.6 is 0 Å². The molecule has 2 N–H and O–H groups in total. The molecule has 0 heterocycles. The SMILES string of the molecule is Cc1ccc(CC[C@@H](C)N)cc1C(F)(F)F. The molecule has 16 heavy (non-hydrogen) atoms. The Labute approximate surface area is 93.5 Å². The molecule has 4 heteroatoms. The monoisotopic (exact) mass is 231 g/mol. The molecule has 0 radical (unpaired) electrons. The van der Waals surface area contributed by atoms with Crippen molar-refractivity contribution in [1.82, 2.24) is 0 Å². The first-order chi connectivity index (χ1) is 7.30. The zero-order valence-corrected chi connectivity index (χ0v) is 9.43. The lowest BCUT2D eigenvalue weighted by Crippen LogP contribution is -2.15. The number of nitrogens with two attached hydrogens (primary N) is 1. The van der Waals surface area contributed by atoms with Crippen molar-refractivity contribution in [2.24, 2.45) is 5.73 Å². The van der Waals surface area contributed by atoms with Crippen LogP contribution in [0.2, 0.25) is 0 Å². The Morgan fingerprint density at radius 3 is 2.44 bits per heavy atom. The Kier molecular flexibility index (Phi) is 3.97. The van der Waals surface area contributed by atoms with Crippen molar-refractivity contribution in [2.75, 3.05) is 0 Å². The summed E-state index contributed by atoms with van der Waals surface area (Å²) in [7, 11) is 0. The van der Waals surface area contributed by atoms with Crippen LogP contribution in [0.3, 0.4) is 0 Å². The number of hydrogen-bond donors (Lipinski definition) is 1. The Morgan fingerprint density at radius 1 is 1.31 bits per heavy atom. The van der Waals surface area contributed by atoms with E-state index in [9.17, 15) is 13.2 Å². The minimum absolute atomic E-state index is 0.00985. The molecule has 0 saturated carbocycles. The normalized spacial score (nSPS) is 13.9. The Hall–Kier alpha value is -1.03. The molecule has 0 amide bonds. The van der Waals surface area contributed by atoms with Gasteiger partial charge in [-0.1, -0.05) is 12.1 Å². The maximum atomic E-state index is 12.6. The fourth-order valence-electron chi connectivity index (χ4n) is 1.52. The zero-order chi connectivity index (χ0) is 12.3. The van der Waals surface area contributed by atoms with Crippen LogP contribution < -0.4 is 5.73 Å². The molecule has 1 aromatic carbocycles. The molecule has 0 unspecified atom stereocenters. The van der Waals surface area contributed by atoms with Gasteiger partial charge in [-0.05, 0) is 43.9 Å². The van der Waals surface area contributed by atoms with Gasteiger partial charge in [0.05, 0.1) is 5.56 Å². The highest BCUT2D eigenvalue weighted by Crippen LogP contribution is 2.32. The third-order valence-electron chi connectivity index (χ3n) is 2.50. The van der Waals surface area contributed by atoms with E-state index in [2.05, 4.69) is 0 Å². The first-order valence-corrected chi connectivity index (χ1v) is 5.23. The summed E-state index contributed by atoms with van der Waals surface area (Å²) in [5.41, 5.74) is 5.98. The lowest BCUT2D eigenvalue weighted by atomic mass is 10.0. The molecule has 1 nitrogen and oxygen atoms in total. The van der Waals surface area contributed by atoms with Crippen LogP contribution in [-0.4, -0.2) is 6.04 Å². The molecule has 1 rings (SSSR count). The van der Waals surface area contributed by atoms with Gasteiger partial charge in [0.2, 0.25) is 0 Å². The molecular weight excluding hydrogens is 215 g/mol. The van der Waals surface area contributed by atoms with Gasteiger partial charge in [-0.3, -0.25) is 0 Å². The summed E-state index contributed by atoms with van der Waals surface area (Å²) in [6.45, 7) is 3.32. The second-order valence-electron chi connectivity index (χ2n) is 4.16. The fraction of sp³-hybridized carbons (Fsp3) is 0.500. The maximum Gasteiger partial charge on any atom is 0.416 e. The molecule has 0 spiro atoms. The predicted molar refractivity (Wildman–Crippen MR) is 58.2 cm³/mol. The quantitative estimate of drug-likeness (QED) is 0.848. The molecule has 90 valence electrons. The lowest BCUT2D eigenvalue weighted by molar-refractivity contribution is -0.138. The van der Waals surface area contributed by atoms with Gasteiger partial charge in [-0.15, -0.1) is 0 Å². The van der Waals surface area contributed by atoms with Gasteiger partial charge in [-0.25, -0.2) is 0 Å². The van der Waals surface area contributed by atoms with Crippen molar-refractivity contribution >= 4 is 0 Å². The van der Waals surface area contributed by atoms with E-state index in [1.807, 2.05) is 6.92 Å². The summed E-state index contributed by atoms with van der Waals surface area (Å²) in [6, 6.07) is 4.47. The lowest BCUT2D eigenvalue weighted by Gasteiger charge is -2.12. The van der Waals surface area contributed by atoms with E-state index in [0.717, 1.165) is 0 Å². The van der Waals surface area contributed by atoms with Crippen LogP contribution in [0.5, 0.6) is 0 Å². The molecule has 1 aromatic rings. The Balaban J connectivity index is 2.90. The van der Waals surface area contributed by atoms with Gasteiger partial charge in [-0.2, -0.15) is 13.2 Å². The molecule has 0 saturated heterocycles. The zero-order valence-electron chi connectivity index (χ0n) is 9.43. The van der Waals surface area contributed by atoms with Gasteiger partial charge in [0.1, 0.15) is 0 Å². The second kappa shape index (κ2) is 4.87. The Bertz CT molecular complexity index is 356. The number of rotatable bonds is 3. The van der Waals surface area contributed by atoms with Crippen LogP contribution in [0.1, 0.15) is 30.0 Å². The highest BCUT2D eigenvalue weighted by molar-refractivity contribution is 5.33. The summed E-state index contributed by atoms with van der Waals surface area (Å²) < 4.78 is 37.8. The van der Waals surface area contributed by atoms with Crippen molar-refractivity contribution in [3.8, 4) is 0 Å². The third kappa shape index (κ3) is 3.52. The second-order valence-corrected chi connectivity index (χ2v) is 4.16. The van der Waals surface area contributed by atoms with E-state index in [1.165, 1.54) is 19.1 Å². The van der Waals surface area contributed by atoms with E-state index in [-0.39, 0.29) is 11.6 Å². The fourth-order valence-corrected chi connectivity index (χ4v) is 1.52. The van der Waals surface area contributed by atoms with E-state index >= 15 is 0 Å². The van der Waals surface area contributed by atoms with Gasteiger partial charge in [0.15, 0.2) is 0 Å². The number of hydrogen-bond acceptors (Lipinski definition) is 1. The summed E-state index contributed by atoms with van der Waals surface area (Å²) in [5, 5.41) is 0. The number of alkyl halides is 3. The Morgan fingerprint density at radius 2 is 1.94 bits per heavy atom. The van der Waals surface area contributed by atoms with E-state index in [4.69, 9.17) is 5.73 Å². The largest absolute Gasteiger partial charge is 0.416 e. The van der Waals surface area contributed by atoms with Gasteiger partial charge >= 0.3 is 6.18 Å². The predicted octanol–water partition coefficient (Wildman–Crippen LogP) is 3.29. The summed E-state index contributed by atoms with van der Waals surface area (Å²) in [5.74, 6) is 0. The van der Waals surface area contributed by atoms with Crippen molar-refractivity contribution in [3.05, 3.63) is 34.9 Å². The average Bonchev–Trinajstić information content (AvgIpc) is 2.14. The molecular formula is C12H16F3N. The van der Waals surface area contributed by atoms with Crippen molar-refractivity contribution < 1.29 is 13.2 Å². The summed E-state index contributed by atoms with van der Waals surface area (Å²) in [4.78, 5) is 0. The molecule has 0 aromatic heterocycles. The molecule has 0 aliphatic rings. The molecule has 0 aliphatic carbocycles. The topological polar surface area (TPSA) is 26.0 Å². The van der Waals surface area contributed by atoms with Gasteiger partial charge in [0.25, 0.3) is 0 Å². The first-order valence-electron chi connectivity index (χ1n) is 5.23. The molecule has 0 fully saturated rings.